The SMILES string of the molecule is C=C(C)N(c1ccc(N(c2ccccc2)c2cccc3ccccc23)cc1)c1ccc2ccccc2c1. The van der Waals surface area contributed by atoms with Gasteiger partial charge in [0.25, 0.3) is 0 Å². The zero-order chi connectivity index (χ0) is 25.2. The zero-order valence-electron chi connectivity index (χ0n) is 20.9. The van der Waals surface area contributed by atoms with Crippen molar-refractivity contribution in [3.8, 4) is 0 Å². The molecular weight excluding hydrogens is 448 g/mol. The maximum atomic E-state index is 4.29. The number of allylic oxidation sites excluding steroid dienone is 1. The Labute approximate surface area is 218 Å². The summed E-state index contributed by atoms with van der Waals surface area (Å²) in [5.74, 6) is 0. The highest BCUT2D eigenvalue weighted by Crippen LogP contribution is 2.40. The second-order valence-corrected chi connectivity index (χ2v) is 9.29. The maximum absolute atomic E-state index is 4.29. The lowest BCUT2D eigenvalue weighted by Gasteiger charge is -2.29. The molecule has 0 saturated heterocycles. The predicted octanol–water partition coefficient (Wildman–Crippen LogP) is 10.1. The fourth-order valence-electron chi connectivity index (χ4n) is 5.06. The number of rotatable bonds is 6. The Kier molecular flexibility index (Phi) is 5.92. The van der Waals surface area contributed by atoms with E-state index in [-0.39, 0.29) is 0 Å². The summed E-state index contributed by atoms with van der Waals surface area (Å²) in [5.41, 5.74) is 6.54. The van der Waals surface area contributed by atoms with Crippen molar-refractivity contribution in [2.75, 3.05) is 9.80 Å². The van der Waals surface area contributed by atoms with Gasteiger partial charge < -0.3 is 9.80 Å². The molecule has 2 heteroatoms. The first-order chi connectivity index (χ1) is 18.2. The second kappa shape index (κ2) is 9.67. The summed E-state index contributed by atoms with van der Waals surface area (Å²) < 4.78 is 0. The number of anilines is 5. The summed E-state index contributed by atoms with van der Waals surface area (Å²) in [6.07, 6.45) is 0. The third-order valence-electron chi connectivity index (χ3n) is 6.76. The summed E-state index contributed by atoms with van der Waals surface area (Å²) in [6, 6.07) is 49.4. The lowest BCUT2D eigenvalue weighted by Crippen LogP contribution is -2.14. The van der Waals surface area contributed by atoms with Crippen molar-refractivity contribution >= 4 is 50.0 Å². The summed E-state index contributed by atoms with van der Waals surface area (Å²) in [4.78, 5) is 4.54. The molecule has 0 amide bonds. The van der Waals surface area contributed by atoms with Gasteiger partial charge in [0.15, 0.2) is 0 Å². The van der Waals surface area contributed by atoms with E-state index >= 15 is 0 Å². The van der Waals surface area contributed by atoms with E-state index in [0.29, 0.717) is 0 Å². The number of hydrogen-bond donors (Lipinski definition) is 0. The van der Waals surface area contributed by atoms with Crippen LogP contribution in [0.15, 0.2) is 152 Å². The molecule has 0 aliphatic heterocycles. The average Bonchev–Trinajstić information content (AvgIpc) is 2.95. The van der Waals surface area contributed by atoms with Crippen molar-refractivity contribution in [3.63, 3.8) is 0 Å². The third kappa shape index (κ3) is 4.34. The van der Waals surface area contributed by atoms with Crippen LogP contribution < -0.4 is 9.80 Å². The van der Waals surface area contributed by atoms with Gasteiger partial charge in [0.1, 0.15) is 0 Å². The molecule has 0 saturated carbocycles. The van der Waals surface area contributed by atoms with Crippen LogP contribution in [0.3, 0.4) is 0 Å². The summed E-state index contributed by atoms with van der Waals surface area (Å²) in [6.45, 7) is 6.34. The number of benzene rings is 6. The van der Waals surface area contributed by atoms with Gasteiger partial charge in [0, 0.05) is 33.8 Å². The van der Waals surface area contributed by atoms with E-state index in [1.54, 1.807) is 0 Å². The van der Waals surface area contributed by atoms with Crippen molar-refractivity contribution in [3.05, 3.63) is 152 Å². The van der Waals surface area contributed by atoms with Crippen LogP contribution in [0.25, 0.3) is 21.5 Å². The van der Waals surface area contributed by atoms with E-state index < -0.39 is 0 Å². The Morgan fingerprint density at radius 2 is 1.05 bits per heavy atom. The number of fused-ring (bicyclic) bond motifs is 2. The molecule has 178 valence electrons. The van der Waals surface area contributed by atoms with Crippen LogP contribution in [-0.2, 0) is 0 Å². The molecule has 6 aromatic rings. The Bertz CT molecular complexity index is 1700. The van der Waals surface area contributed by atoms with Crippen LogP contribution in [-0.4, -0.2) is 0 Å². The predicted molar refractivity (Wildman–Crippen MR) is 160 cm³/mol. The molecule has 2 nitrogen and oxygen atoms in total. The molecule has 0 unspecified atom stereocenters. The molecule has 0 aromatic heterocycles. The lowest BCUT2D eigenvalue weighted by atomic mass is 10.1. The largest absolute Gasteiger partial charge is 0.315 e. The van der Waals surface area contributed by atoms with Crippen molar-refractivity contribution in [2.24, 2.45) is 0 Å². The molecule has 6 rings (SSSR count). The molecule has 0 spiro atoms. The molecule has 0 bridgehead atoms. The fourth-order valence-corrected chi connectivity index (χ4v) is 5.06. The Balaban J connectivity index is 1.44. The smallest absolute Gasteiger partial charge is 0.0540 e. The summed E-state index contributed by atoms with van der Waals surface area (Å²) >= 11 is 0. The highest BCUT2D eigenvalue weighted by atomic mass is 15.2. The van der Waals surface area contributed by atoms with Crippen LogP contribution in [0.4, 0.5) is 28.4 Å². The number of hydrogen-bond acceptors (Lipinski definition) is 2. The van der Waals surface area contributed by atoms with Gasteiger partial charge in [0.2, 0.25) is 0 Å². The quantitative estimate of drug-likeness (QED) is 0.236. The van der Waals surface area contributed by atoms with Crippen LogP contribution in [0.5, 0.6) is 0 Å². The van der Waals surface area contributed by atoms with E-state index in [1.165, 1.54) is 21.5 Å². The molecule has 0 atom stereocenters. The van der Waals surface area contributed by atoms with Crippen molar-refractivity contribution in [1.82, 2.24) is 0 Å². The maximum Gasteiger partial charge on any atom is 0.0540 e. The molecule has 0 aliphatic carbocycles. The number of nitrogens with zero attached hydrogens (tertiary/aromatic N) is 2. The minimum atomic E-state index is 0.969. The van der Waals surface area contributed by atoms with Gasteiger partial charge in [-0.3, -0.25) is 0 Å². The molecule has 0 heterocycles. The van der Waals surface area contributed by atoms with Crippen LogP contribution in [0, 0.1) is 0 Å². The molecule has 6 aromatic carbocycles. The van der Waals surface area contributed by atoms with E-state index in [4.69, 9.17) is 0 Å². The van der Waals surface area contributed by atoms with Crippen LogP contribution >= 0.6 is 0 Å². The van der Waals surface area contributed by atoms with Crippen molar-refractivity contribution < 1.29 is 0 Å². The van der Waals surface area contributed by atoms with E-state index in [2.05, 4.69) is 163 Å². The minimum Gasteiger partial charge on any atom is -0.315 e. The fraction of sp³-hybridized carbons (Fsp3) is 0.0286. The van der Waals surface area contributed by atoms with Gasteiger partial charge in [-0.25, -0.2) is 0 Å². The standard InChI is InChI=1S/C35H28N2/c1-26(2)36(33-20-19-27-11-6-7-13-29(27)25-33)31-21-23-32(24-22-31)37(30-15-4-3-5-16-30)35-18-10-14-28-12-8-9-17-34(28)35/h3-25H,1H2,2H3. The number of para-hydroxylation sites is 1. The average molecular weight is 477 g/mol. The van der Waals surface area contributed by atoms with Gasteiger partial charge in [0.05, 0.1) is 5.69 Å². The van der Waals surface area contributed by atoms with Gasteiger partial charge >= 0.3 is 0 Å². The van der Waals surface area contributed by atoms with Gasteiger partial charge in [-0.05, 0) is 77.7 Å². The highest BCUT2D eigenvalue weighted by Gasteiger charge is 2.16. The first kappa shape index (κ1) is 22.6. The summed E-state index contributed by atoms with van der Waals surface area (Å²) in [5, 5.41) is 4.89. The molecule has 0 N–H and O–H groups in total. The van der Waals surface area contributed by atoms with Crippen molar-refractivity contribution in [2.45, 2.75) is 6.92 Å². The first-order valence-corrected chi connectivity index (χ1v) is 12.6. The van der Waals surface area contributed by atoms with Gasteiger partial charge in [-0.15, -0.1) is 0 Å². The molecular formula is C35H28N2. The van der Waals surface area contributed by atoms with E-state index in [1.807, 2.05) is 0 Å². The second-order valence-electron chi connectivity index (χ2n) is 9.29. The first-order valence-electron chi connectivity index (χ1n) is 12.6. The summed E-state index contributed by atoms with van der Waals surface area (Å²) in [7, 11) is 0. The third-order valence-corrected chi connectivity index (χ3v) is 6.76. The van der Waals surface area contributed by atoms with Crippen molar-refractivity contribution in [1.29, 1.82) is 0 Å². The monoisotopic (exact) mass is 476 g/mol. The molecule has 0 radical (unpaired) electrons. The Morgan fingerprint density at radius 3 is 1.81 bits per heavy atom. The normalized spacial score (nSPS) is 10.9. The Morgan fingerprint density at radius 1 is 0.486 bits per heavy atom. The zero-order valence-corrected chi connectivity index (χ0v) is 20.9. The molecule has 0 fully saturated rings. The molecule has 0 aliphatic rings. The molecule has 37 heavy (non-hydrogen) atoms. The van der Waals surface area contributed by atoms with Crippen LogP contribution in [0.2, 0.25) is 0 Å². The minimum absolute atomic E-state index is 0.969. The topological polar surface area (TPSA) is 6.48 Å². The Hall–Kier alpha value is -4.82. The lowest BCUT2D eigenvalue weighted by molar-refractivity contribution is 1.17. The van der Waals surface area contributed by atoms with E-state index in [9.17, 15) is 0 Å². The van der Waals surface area contributed by atoms with Gasteiger partial charge in [-0.1, -0.05) is 91.5 Å². The van der Waals surface area contributed by atoms with E-state index in [0.717, 1.165) is 34.1 Å². The van der Waals surface area contributed by atoms with Crippen LogP contribution in [0.1, 0.15) is 6.92 Å². The van der Waals surface area contributed by atoms with Gasteiger partial charge in [-0.2, -0.15) is 0 Å². The highest BCUT2D eigenvalue weighted by molar-refractivity contribution is 5.99.